The van der Waals surface area contributed by atoms with Crippen LogP contribution in [0.4, 0.5) is 5.69 Å². The van der Waals surface area contributed by atoms with E-state index in [9.17, 15) is 9.59 Å². The van der Waals surface area contributed by atoms with Gasteiger partial charge in [-0.1, -0.05) is 17.7 Å². The average molecular weight is 478 g/mol. The molecule has 0 bridgehead atoms. The van der Waals surface area contributed by atoms with Crippen LogP contribution < -0.4 is 32.1 Å². The molecule has 9 heteroatoms. The van der Waals surface area contributed by atoms with Crippen molar-refractivity contribution in [2.75, 3.05) is 14.2 Å². The lowest BCUT2D eigenvalue weighted by Crippen LogP contribution is -2.49. The summed E-state index contributed by atoms with van der Waals surface area (Å²) >= 11 is 0. The highest BCUT2D eigenvalue weighted by Crippen LogP contribution is 2.37. The van der Waals surface area contributed by atoms with Crippen LogP contribution in [0.15, 0.2) is 40.1 Å². The van der Waals surface area contributed by atoms with Crippen molar-refractivity contribution in [3.05, 3.63) is 68.6 Å². The fourth-order valence-corrected chi connectivity index (χ4v) is 4.68. The Morgan fingerprint density at radius 1 is 1.06 bits per heavy atom. The van der Waals surface area contributed by atoms with Gasteiger partial charge in [0.25, 0.3) is 0 Å². The molecule has 35 heavy (non-hydrogen) atoms. The van der Waals surface area contributed by atoms with Crippen LogP contribution in [0.2, 0.25) is 0 Å². The van der Waals surface area contributed by atoms with Crippen LogP contribution in [0.25, 0.3) is 11.3 Å². The number of benzene rings is 2. The molecule has 1 aliphatic heterocycles. The minimum absolute atomic E-state index is 0.0734. The summed E-state index contributed by atoms with van der Waals surface area (Å²) in [6.07, 6.45) is 0.636. The van der Waals surface area contributed by atoms with E-state index in [2.05, 4.69) is 0 Å². The van der Waals surface area contributed by atoms with Crippen LogP contribution in [0.1, 0.15) is 22.3 Å². The quantitative estimate of drug-likeness (QED) is 0.560. The molecule has 2 aromatic carbocycles. The molecule has 1 aromatic heterocycles. The summed E-state index contributed by atoms with van der Waals surface area (Å²) in [5.41, 5.74) is 18.0. The third-order valence-electron chi connectivity index (χ3n) is 6.39. The number of hydrogen-bond donors (Lipinski definition) is 2. The van der Waals surface area contributed by atoms with E-state index < -0.39 is 11.9 Å². The Labute approximate surface area is 203 Å². The molecule has 1 amide bonds. The Bertz CT molecular complexity index is 1430. The van der Waals surface area contributed by atoms with Crippen molar-refractivity contribution in [3.8, 4) is 22.8 Å². The number of nitrogens with two attached hydrogens (primary N) is 2. The standard InChI is InChI=1S/C26H31N5O4/c1-14-8-15(2)24(16(3)9-14)29-23-12-20-18-11-22(35-5)21(34-4)10-17(18)6-7-30(20)26(33)31(23)13-19(27)25(28)32/h8-12,19H,6-7,13,27H2,1-5H3,(H2,28,32). The molecule has 1 atom stereocenters. The maximum atomic E-state index is 13.7. The fraction of sp³-hybridized carbons (Fsp3) is 0.346. The number of methoxy groups -OCH3 is 2. The largest absolute Gasteiger partial charge is 0.493 e. The number of ether oxygens (including phenoxy) is 2. The second kappa shape index (κ2) is 9.42. The highest BCUT2D eigenvalue weighted by Gasteiger charge is 2.23. The number of carbonyl (C=O) groups is 1. The highest BCUT2D eigenvalue weighted by molar-refractivity contribution is 5.79. The molecule has 0 saturated heterocycles. The maximum Gasteiger partial charge on any atom is 0.330 e. The van der Waals surface area contributed by atoms with E-state index in [-0.39, 0.29) is 12.2 Å². The Balaban J connectivity index is 2.04. The zero-order chi connectivity index (χ0) is 25.4. The minimum atomic E-state index is -1.03. The van der Waals surface area contributed by atoms with Crippen LogP contribution >= 0.6 is 0 Å². The number of carbonyl (C=O) groups excluding carboxylic acids is 1. The Morgan fingerprint density at radius 2 is 1.69 bits per heavy atom. The van der Waals surface area contributed by atoms with Gasteiger partial charge in [0.05, 0.1) is 32.1 Å². The van der Waals surface area contributed by atoms with Gasteiger partial charge in [-0.2, -0.15) is 0 Å². The predicted molar refractivity (Wildman–Crippen MR) is 134 cm³/mol. The SMILES string of the molecule is COc1cc2c(cc1OC)-c1cc(=Nc3c(C)cc(C)cc3C)n(CC(N)C(N)=O)c(=O)n1CC2. The third-order valence-corrected chi connectivity index (χ3v) is 6.39. The van der Waals surface area contributed by atoms with E-state index in [1.54, 1.807) is 18.8 Å². The Morgan fingerprint density at radius 3 is 2.29 bits per heavy atom. The summed E-state index contributed by atoms with van der Waals surface area (Å²) in [4.78, 5) is 30.3. The Kier molecular flexibility index (Phi) is 6.53. The van der Waals surface area contributed by atoms with Crippen LogP contribution in [0.5, 0.6) is 11.5 Å². The zero-order valence-electron chi connectivity index (χ0n) is 20.7. The van der Waals surface area contributed by atoms with Gasteiger partial charge >= 0.3 is 5.69 Å². The minimum Gasteiger partial charge on any atom is -0.493 e. The van der Waals surface area contributed by atoms with Crippen molar-refractivity contribution >= 4 is 11.6 Å². The molecule has 0 aliphatic carbocycles. The van der Waals surface area contributed by atoms with Crippen LogP contribution in [-0.4, -0.2) is 35.3 Å². The van der Waals surface area contributed by atoms with Gasteiger partial charge in [0.2, 0.25) is 5.91 Å². The molecule has 184 valence electrons. The molecule has 0 fully saturated rings. The van der Waals surface area contributed by atoms with Crippen molar-refractivity contribution in [3.63, 3.8) is 0 Å². The summed E-state index contributed by atoms with van der Waals surface area (Å²) in [5, 5.41) is 0. The molecule has 1 aliphatic rings. The molecule has 0 spiro atoms. The normalized spacial score (nSPS) is 13.7. The molecule has 4 rings (SSSR count). The van der Waals surface area contributed by atoms with Gasteiger partial charge in [-0.3, -0.25) is 13.9 Å². The topological polar surface area (TPSA) is 127 Å². The van der Waals surface area contributed by atoms with Gasteiger partial charge in [0.15, 0.2) is 11.5 Å². The zero-order valence-corrected chi connectivity index (χ0v) is 20.7. The first-order chi connectivity index (χ1) is 16.6. The summed E-state index contributed by atoms with van der Waals surface area (Å²) in [5.74, 6) is 0.523. The van der Waals surface area contributed by atoms with Crippen molar-refractivity contribution in [1.82, 2.24) is 9.13 Å². The van der Waals surface area contributed by atoms with Gasteiger partial charge in [0.1, 0.15) is 11.5 Å². The van der Waals surface area contributed by atoms with Gasteiger partial charge in [0, 0.05) is 18.2 Å². The van der Waals surface area contributed by atoms with E-state index in [4.69, 9.17) is 25.9 Å². The monoisotopic (exact) mass is 477 g/mol. The van der Waals surface area contributed by atoms with E-state index in [0.717, 1.165) is 33.5 Å². The first-order valence-electron chi connectivity index (χ1n) is 11.4. The maximum absolute atomic E-state index is 13.7. The number of amides is 1. The molecule has 3 aromatic rings. The van der Waals surface area contributed by atoms with E-state index in [1.165, 1.54) is 4.57 Å². The van der Waals surface area contributed by atoms with Crippen LogP contribution in [-0.2, 0) is 24.3 Å². The first kappa shape index (κ1) is 24.3. The third kappa shape index (κ3) is 4.46. The summed E-state index contributed by atoms with van der Waals surface area (Å²) < 4.78 is 14.1. The lowest BCUT2D eigenvalue weighted by Gasteiger charge is -2.25. The number of aromatic nitrogens is 2. The molecule has 4 N–H and O–H groups in total. The molecule has 9 nitrogen and oxygen atoms in total. The highest BCUT2D eigenvalue weighted by atomic mass is 16.5. The van der Waals surface area contributed by atoms with Crippen molar-refractivity contribution < 1.29 is 14.3 Å². The number of aryl methyl sites for hydroxylation is 4. The second-order valence-electron chi connectivity index (χ2n) is 8.91. The molecule has 2 heterocycles. The van der Waals surface area contributed by atoms with Crippen molar-refractivity contribution in [1.29, 1.82) is 0 Å². The second-order valence-corrected chi connectivity index (χ2v) is 8.91. The molecule has 0 radical (unpaired) electrons. The molecular weight excluding hydrogens is 446 g/mol. The fourth-order valence-electron chi connectivity index (χ4n) is 4.68. The van der Waals surface area contributed by atoms with E-state index in [1.807, 2.05) is 51.1 Å². The van der Waals surface area contributed by atoms with Crippen LogP contribution in [0.3, 0.4) is 0 Å². The lowest BCUT2D eigenvalue weighted by molar-refractivity contribution is -0.119. The number of rotatable bonds is 6. The van der Waals surface area contributed by atoms with E-state index in [0.29, 0.717) is 35.6 Å². The lowest BCUT2D eigenvalue weighted by atomic mass is 9.97. The Hall–Kier alpha value is -3.85. The van der Waals surface area contributed by atoms with E-state index >= 15 is 0 Å². The first-order valence-corrected chi connectivity index (χ1v) is 11.4. The van der Waals surface area contributed by atoms with Crippen LogP contribution in [0, 0.1) is 20.8 Å². The average Bonchev–Trinajstić information content (AvgIpc) is 2.82. The van der Waals surface area contributed by atoms with Gasteiger partial charge in [-0.05, 0) is 56.0 Å². The molecular formula is C26H31N5O4. The van der Waals surface area contributed by atoms with Crippen molar-refractivity contribution in [2.45, 2.75) is 46.3 Å². The summed E-state index contributed by atoms with van der Waals surface area (Å²) in [6.45, 7) is 6.38. The number of nitrogens with zero attached hydrogens (tertiary/aromatic N) is 3. The molecule has 1 unspecified atom stereocenters. The van der Waals surface area contributed by atoms with Gasteiger partial charge < -0.3 is 20.9 Å². The van der Waals surface area contributed by atoms with Crippen molar-refractivity contribution in [2.24, 2.45) is 16.5 Å². The summed E-state index contributed by atoms with van der Waals surface area (Å²) in [7, 11) is 3.17. The smallest absolute Gasteiger partial charge is 0.330 e. The number of hydrogen-bond acceptors (Lipinski definition) is 6. The number of primary amides is 1. The van der Waals surface area contributed by atoms with Gasteiger partial charge in [-0.25, -0.2) is 9.79 Å². The number of fused-ring (bicyclic) bond motifs is 3. The van der Waals surface area contributed by atoms with Gasteiger partial charge in [-0.15, -0.1) is 0 Å². The molecule has 0 saturated carbocycles. The summed E-state index contributed by atoms with van der Waals surface area (Å²) in [6, 6.07) is 8.74. The predicted octanol–water partition coefficient (Wildman–Crippen LogP) is 1.86.